The van der Waals surface area contributed by atoms with Gasteiger partial charge in [0.15, 0.2) is 0 Å². The fraction of sp³-hybridized carbons (Fsp3) is 0.182. The van der Waals surface area contributed by atoms with Crippen LogP contribution < -0.4 is 0 Å². The number of nitrogens with zero attached hydrogens (tertiary/aromatic N) is 2. The minimum absolute atomic E-state index is 0.140. The number of carbonyl (C=O) groups is 3. The Bertz CT molecular complexity index is 1120. The molecule has 2 aromatic rings. The summed E-state index contributed by atoms with van der Waals surface area (Å²) in [5.41, 5.74) is 1.36. The van der Waals surface area contributed by atoms with Crippen molar-refractivity contribution in [3.05, 3.63) is 64.4 Å². The molecule has 0 spiro atoms. The van der Waals surface area contributed by atoms with E-state index < -0.39 is 24.4 Å². The lowest BCUT2D eigenvalue weighted by molar-refractivity contribution is -0.141. The Hall–Kier alpha value is -3.96. The summed E-state index contributed by atoms with van der Waals surface area (Å²) in [5, 5.41) is 18.4. The number of amides is 2. The lowest BCUT2D eigenvalue weighted by Crippen LogP contribution is -2.44. The Labute approximate surface area is 172 Å². The van der Waals surface area contributed by atoms with Crippen LogP contribution in [-0.2, 0) is 14.3 Å². The van der Waals surface area contributed by atoms with Crippen LogP contribution in [0.3, 0.4) is 0 Å². The molecule has 0 bridgehead atoms. The first kappa shape index (κ1) is 20.8. The molecule has 152 valence electrons. The number of hydrogen-bond donors (Lipinski definition) is 1. The first-order chi connectivity index (χ1) is 14.4. The Balaban J connectivity index is 1.95. The van der Waals surface area contributed by atoms with E-state index in [-0.39, 0.29) is 23.3 Å². The highest BCUT2D eigenvalue weighted by Gasteiger charge is 2.35. The van der Waals surface area contributed by atoms with Crippen LogP contribution in [0, 0.1) is 11.3 Å². The van der Waals surface area contributed by atoms with E-state index in [4.69, 9.17) is 9.52 Å². The summed E-state index contributed by atoms with van der Waals surface area (Å²) in [6.07, 6.45) is 1.46. The number of rotatable bonds is 5. The maximum atomic E-state index is 12.7. The van der Waals surface area contributed by atoms with E-state index in [0.717, 1.165) is 4.90 Å². The van der Waals surface area contributed by atoms with Gasteiger partial charge >= 0.3 is 5.97 Å². The highest BCUT2D eigenvalue weighted by Crippen LogP contribution is 2.29. The number of β-amino-alcohol motifs (C(OH)–C–C–N with tert-alkyl or cyclic N) is 1. The van der Waals surface area contributed by atoms with Crippen LogP contribution in [0.15, 0.2) is 57.5 Å². The third-order valence-electron chi connectivity index (χ3n) is 4.65. The summed E-state index contributed by atoms with van der Waals surface area (Å²) in [7, 11) is 1.30. The summed E-state index contributed by atoms with van der Waals surface area (Å²) in [4.78, 5) is 37.4. The zero-order valence-corrected chi connectivity index (χ0v) is 16.3. The maximum absolute atomic E-state index is 12.7. The smallest absolute Gasteiger partial charge is 0.337 e. The summed E-state index contributed by atoms with van der Waals surface area (Å²) >= 11 is 0. The van der Waals surface area contributed by atoms with Gasteiger partial charge in [0.1, 0.15) is 23.2 Å². The molecule has 1 aromatic heterocycles. The van der Waals surface area contributed by atoms with Crippen molar-refractivity contribution in [3.8, 4) is 17.4 Å². The lowest BCUT2D eigenvalue weighted by atomic mass is 9.95. The standard InChI is InChI=1S/C22H18N2O6/c1-13-17(20(26)24(9-10-25)21(27)18(13)12-23)11-16-7-8-19(30-16)14-3-5-15(6-4-14)22(28)29-2/h3-8,11,25H,9-10H2,1-2H3/b17-11-. The van der Waals surface area contributed by atoms with Crippen molar-refractivity contribution in [1.29, 1.82) is 5.26 Å². The monoisotopic (exact) mass is 406 g/mol. The molecular weight excluding hydrogens is 388 g/mol. The van der Waals surface area contributed by atoms with Gasteiger partial charge in [-0.2, -0.15) is 5.26 Å². The number of furan rings is 1. The molecule has 0 unspecified atom stereocenters. The quantitative estimate of drug-likeness (QED) is 0.459. The Kier molecular flexibility index (Phi) is 5.95. The number of imide groups is 1. The van der Waals surface area contributed by atoms with Crippen LogP contribution in [0.5, 0.6) is 0 Å². The van der Waals surface area contributed by atoms with Crippen molar-refractivity contribution < 1.29 is 28.6 Å². The van der Waals surface area contributed by atoms with E-state index in [0.29, 0.717) is 22.6 Å². The number of carbonyl (C=O) groups excluding carboxylic acids is 3. The molecule has 2 heterocycles. The Morgan fingerprint density at radius 3 is 2.50 bits per heavy atom. The number of aliphatic hydroxyl groups is 1. The van der Waals surface area contributed by atoms with Gasteiger partial charge in [0.2, 0.25) is 0 Å². The summed E-state index contributed by atoms with van der Waals surface area (Å²) in [6.45, 7) is 0.907. The number of benzene rings is 1. The molecule has 0 saturated heterocycles. The number of hydrogen-bond acceptors (Lipinski definition) is 7. The first-order valence-electron chi connectivity index (χ1n) is 9.00. The zero-order chi connectivity index (χ0) is 21.8. The van der Waals surface area contributed by atoms with E-state index in [1.165, 1.54) is 20.1 Å². The molecule has 30 heavy (non-hydrogen) atoms. The predicted octanol–water partition coefficient (Wildman–Crippen LogP) is 2.32. The van der Waals surface area contributed by atoms with Gasteiger partial charge in [0, 0.05) is 11.1 Å². The maximum Gasteiger partial charge on any atom is 0.337 e. The number of ether oxygens (including phenoxy) is 1. The second-order valence-electron chi connectivity index (χ2n) is 6.43. The summed E-state index contributed by atoms with van der Waals surface area (Å²) in [6, 6.07) is 11.8. The molecule has 1 aromatic carbocycles. The lowest BCUT2D eigenvalue weighted by Gasteiger charge is -2.26. The van der Waals surface area contributed by atoms with E-state index in [1.807, 2.05) is 6.07 Å². The summed E-state index contributed by atoms with van der Waals surface area (Å²) < 4.78 is 10.5. The van der Waals surface area contributed by atoms with Gasteiger partial charge < -0.3 is 14.3 Å². The highest BCUT2D eigenvalue weighted by molar-refractivity contribution is 6.19. The SMILES string of the molecule is COC(=O)c1ccc(-c2ccc(/C=C3\C(=O)N(CCO)C(=O)C(C#N)=C3C)o2)cc1. The predicted molar refractivity (Wildman–Crippen MR) is 106 cm³/mol. The number of esters is 1. The molecule has 0 fully saturated rings. The molecular formula is C22H18N2O6. The second-order valence-corrected chi connectivity index (χ2v) is 6.43. The molecule has 0 atom stereocenters. The fourth-order valence-electron chi connectivity index (χ4n) is 3.05. The fourth-order valence-corrected chi connectivity index (χ4v) is 3.05. The molecule has 0 radical (unpaired) electrons. The van der Waals surface area contributed by atoms with Gasteiger partial charge in [0.05, 0.1) is 25.8 Å². The Morgan fingerprint density at radius 2 is 1.90 bits per heavy atom. The number of nitriles is 1. The average Bonchev–Trinajstić information content (AvgIpc) is 3.23. The van der Waals surface area contributed by atoms with Crippen molar-refractivity contribution in [2.45, 2.75) is 6.92 Å². The van der Waals surface area contributed by atoms with Crippen LogP contribution in [0.25, 0.3) is 17.4 Å². The second kappa shape index (κ2) is 8.59. The van der Waals surface area contributed by atoms with Crippen LogP contribution in [0.2, 0.25) is 0 Å². The van der Waals surface area contributed by atoms with Crippen molar-refractivity contribution >= 4 is 23.9 Å². The van der Waals surface area contributed by atoms with E-state index in [9.17, 15) is 19.6 Å². The van der Waals surface area contributed by atoms with Gasteiger partial charge in [0.25, 0.3) is 11.8 Å². The van der Waals surface area contributed by atoms with Crippen molar-refractivity contribution in [1.82, 2.24) is 4.90 Å². The topological polar surface area (TPSA) is 121 Å². The van der Waals surface area contributed by atoms with Crippen molar-refractivity contribution in [3.63, 3.8) is 0 Å². The highest BCUT2D eigenvalue weighted by atomic mass is 16.5. The largest absolute Gasteiger partial charge is 0.465 e. The number of aliphatic hydroxyl groups excluding tert-OH is 1. The first-order valence-corrected chi connectivity index (χ1v) is 9.00. The molecule has 1 aliphatic heterocycles. The minimum Gasteiger partial charge on any atom is -0.465 e. The molecule has 8 nitrogen and oxygen atoms in total. The van der Waals surface area contributed by atoms with E-state index in [2.05, 4.69) is 4.74 Å². The van der Waals surface area contributed by atoms with Gasteiger partial charge in [-0.15, -0.1) is 0 Å². The van der Waals surface area contributed by atoms with E-state index in [1.54, 1.807) is 36.4 Å². The normalized spacial score (nSPS) is 15.5. The Morgan fingerprint density at radius 1 is 1.20 bits per heavy atom. The molecule has 8 heteroatoms. The van der Waals surface area contributed by atoms with Crippen LogP contribution in [0.4, 0.5) is 0 Å². The third kappa shape index (κ3) is 3.79. The molecule has 1 N–H and O–H groups in total. The molecule has 1 aliphatic rings. The van der Waals surface area contributed by atoms with E-state index >= 15 is 0 Å². The summed E-state index contributed by atoms with van der Waals surface area (Å²) in [5.74, 6) is -0.921. The average molecular weight is 406 g/mol. The molecule has 0 aliphatic carbocycles. The van der Waals surface area contributed by atoms with Crippen molar-refractivity contribution in [2.75, 3.05) is 20.3 Å². The van der Waals surface area contributed by atoms with Crippen LogP contribution >= 0.6 is 0 Å². The van der Waals surface area contributed by atoms with Gasteiger partial charge in [-0.1, -0.05) is 12.1 Å². The van der Waals surface area contributed by atoms with Crippen LogP contribution in [0.1, 0.15) is 23.0 Å². The molecule has 0 saturated carbocycles. The van der Waals surface area contributed by atoms with Crippen LogP contribution in [-0.4, -0.2) is 48.1 Å². The number of methoxy groups -OCH3 is 1. The van der Waals surface area contributed by atoms with Crippen molar-refractivity contribution in [2.24, 2.45) is 0 Å². The zero-order valence-electron chi connectivity index (χ0n) is 16.3. The molecule has 3 rings (SSSR count). The van der Waals surface area contributed by atoms with Gasteiger partial charge in [-0.25, -0.2) is 4.79 Å². The minimum atomic E-state index is -0.725. The van der Waals surface area contributed by atoms with Gasteiger partial charge in [-0.05, 0) is 42.8 Å². The molecule has 2 amide bonds. The van der Waals surface area contributed by atoms with Gasteiger partial charge in [-0.3, -0.25) is 14.5 Å². The third-order valence-corrected chi connectivity index (χ3v) is 4.65.